The summed E-state index contributed by atoms with van der Waals surface area (Å²) in [4.78, 5) is 0. The van der Waals surface area contributed by atoms with Gasteiger partial charge in [0.15, 0.2) is 5.56 Å². The molecule has 0 aromatic heterocycles. The summed E-state index contributed by atoms with van der Waals surface area (Å²) in [6, 6.07) is 0. The molecule has 84 valence electrons. The third-order valence-corrected chi connectivity index (χ3v) is 1.67. The molecule has 1 aliphatic rings. The Morgan fingerprint density at radius 1 is 1.07 bits per heavy atom. The van der Waals surface area contributed by atoms with Crippen LogP contribution in [0.4, 0.5) is 26.3 Å². The summed E-state index contributed by atoms with van der Waals surface area (Å²) in [7, 11) is 0. The molecule has 0 N–H and O–H groups in total. The quantitative estimate of drug-likeness (QED) is 0.481. The molecule has 0 aromatic carbocycles. The molecular formula is C5H3ClF6O2. The number of alkyl halides is 7. The molecule has 1 rings (SSSR count). The molecule has 1 unspecified atom stereocenters. The SMILES string of the molecule is FC(F)(F)C1(C(F)(F)F)OCC(Cl)O1. The Kier molecular flexibility index (Phi) is 2.66. The van der Waals surface area contributed by atoms with Gasteiger partial charge in [-0.1, -0.05) is 11.6 Å². The fraction of sp³-hybridized carbons (Fsp3) is 1.00. The third-order valence-electron chi connectivity index (χ3n) is 1.46. The van der Waals surface area contributed by atoms with E-state index in [0.29, 0.717) is 0 Å². The molecule has 1 atom stereocenters. The van der Waals surface area contributed by atoms with E-state index >= 15 is 0 Å². The molecule has 0 radical (unpaired) electrons. The minimum Gasteiger partial charge on any atom is -0.331 e. The van der Waals surface area contributed by atoms with Gasteiger partial charge in [0, 0.05) is 0 Å². The van der Waals surface area contributed by atoms with Gasteiger partial charge in [-0.2, -0.15) is 26.3 Å². The van der Waals surface area contributed by atoms with Crippen LogP contribution in [0.15, 0.2) is 0 Å². The number of hydrogen-bond acceptors (Lipinski definition) is 2. The molecule has 9 heteroatoms. The van der Waals surface area contributed by atoms with E-state index in [1.54, 1.807) is 0 Å². The molecule has 1 heterocycles. The lowest BCUT2D eigenvalue weighted by molar-refractivity contribution is -0.441. The van der Waals surface area contributed by atoms with Crippen molar-refractivity contribution in [2.75, 3.05) is 6.61 Å². The fourth-order valence-electron chi connectivity index (χ4n) is 0.889. The summed E-state index contributed by atoms with van der Waals surface area (Å²) in [5, 5.41) is 0. The van der Waals surface area contributed by atoms with E-state index in [4.69, 9.17) is 11.6 Å². The van der Waals surface area contributed by atoms with Gasteiger partial charge in [0.25, 0.3) is 0 Å². The molecule has 0 spiro atoms. The monoisotopic (exact) mass is 244 g/mol. The van der Waals surface area contributed by atoms with Gasteiger partial charge < -0.3 is 9.47 Å². The Bertz CT molecular complexity index is 209. The minimum absolute atomic E-state index is 0.972. The summed E-state index contributed by atoms with van der Waals surface area (Å²) in [5.74, 6) is -4.59. The highest BCUT2D eigenvalue weighted by Crippen LogP contribution is 2.50. The summed E-state index contributed by atoms with van der Waals surface area (Å²) < 4.78 is 79.5. The van der Waals surface area contributed by atoms with Crippen LogP contribution in [0.1, 0.15) is 0 Å². The first-order chi connectivity index (χ1) is 6.10. The van der Waals surface area contributed by atoms with E-state index in [2.05, 4.69) is 9.47 Å². The molecule has 1 fully saturated rings. The molecule has 2 nitrogen and oxygen atoms in total. The number of ether oxygens (including phenoxy) is 2. The van der Waals surface area contributed by atoms with Gasteiger partial charge in [0.05, 0.1) is 6.61 Å². The molecule has 0 bridgehead atoms. The smallest absolute Gasteiger partial charge is 0.331 e. The van der Waals surface area contributed by atoms with E-state index in [0.717, 1.165) is 0 Å². The van der Waals surface area contributed by atoms with Gasteiger partial charge >= 0.3 is 18.1 Å². The van der Waals surface area contributed by atoms with Gasteiger partial charge in [-0.15, -0.1) is 0 Å². The Hall–Kier alpha value is -0.210. The Morgan fingerprint density at radius 3 is 1.64 bits per heavy atom. The van der Waals surface area contributed by atoms with Crippen LogP contribution >= 0.6 is 11.6 Å². The van der Waals surface area contributed by atoms with Crippen molar-refractivity contribution in [2.24, 2.45) is 0 Å². The highest BCUT2D eigenvalue weighted by atomic mass is 35.5. The van der Waals surface area contributed by atoms with Gasteiger partial charge in [-0.05, 0) is 0 Å². The van der Waals surface area contributed by atoms with Crippen LogP contribution in [0.2, 0.25) is 0 Å². The van der Waals surface area contributed by atoms with E-state index in [1.807, 2.05) is 0 Å². The Morgan fingerprint density at radius 2 is 1.50 bits per heavy atom. The standard InChI is InChI=1S/C5H3ClF6O2/c6-2-1-13-3(14-2,4(7,8)9)5(10,11)12/h2H,1H2. The van der Waals surface area contributed by atoms with Gasteiger partial charge in [-0.3, -0.25) is 0 Å². The highest BCUT2D eigenvalue weighted by molar-refractivity contribution is 6.19. The van der Waals surface area contributed by atoms with Gasteiger partial charge in [0.1, 0.15) is 0 Å². The summed E-state index contributed by atoms with van der Waals surface area (Å²) in [5.41, 5.74) is -1.77. The van der Waals surface area contributed by atoms with Crippen molar-refractivity contribution in [1.82, 2.24) is 0 Å². The summed E-state index contributed by atoms with van der Waals surface area (Å²) in [6.07, 6.45) is -11.4. The van der Waals surface area contributed by atoms with E-state index < -0.39 is 30.3 Å². The molecule has 14 heavy (non-hydrogen) atoms. The highest BCUT2D eigenvalue weighted by Gasteiger charge is 2.77. The predicted molar refractivity (Wildman–Crippen MR) is 31.5 cm³/mol. The average Bonchev–Trinajstić information content (AvgIpc) is 2.28. The first-order valence-electron chi connectivity index (χ1n) is 3.19. The normalized spacial score (nSPS) is 28.1. The first-order valence-corrected chi connectivity index (χ1v) is 3.63. The average molecular weight is 245 g/mol. The Balaban J connectivity index is 3.05. The van der Waals surface area contributed by atoms with Crippen molar-refractivity contribution in [3.8, 4) is 0 Å². The zero-order valence-corrected chi connectivity index (χ0v) is 7.00. The second-order valence-electron chi connectivity index (χ2n) is 2.45. The maximum absolute atomic E-state index is 12.1. The van der Waals surface area contributed by atoms with Crippen molar-refractivity contribution < 1.29 is 35.8 Å². The summed E-state index contributed by atoms with van der Waals surface area (Å²) in [6.45, 7) is -0.972. The number of rotatable bonds is 0. The lowest BCUT2D eigenvalue weighted by Gasteiger charge is -2.30. The second kappa shape index (κ2) is 3.14. The van der Waals surface area contributed by atoms with Gasteiger partial charge in [0.2, 0.25) is 0 Å². The van der Waals surface area contributed by atoms with Crippen LogP contribution in [0.3, 0.4) is 0 Å². The molecule has 1 saturated heterocycles. The zero-order chi connectivity index (χ0) is 11.2. The van der Waals surface area contributed by atoms with Crippen LogP contribution in [0.5, 0.6) is 0 Å². The van der Waals surface area contributed by atoms with Crippen LogP contribution in [-0.4, -0.2) is 30.3 Å². The molecule has 0 aromatic rings. The van der Waals surface area contributed by atoms with Crippen LogP contribution < -0.4 is 0 Å². The topological polar surface area (TPSA) is 18.5 Å². The molecular weight excluding hydrogens is 241 g/mol. The maximum atomic E-state index is 12.1. The van der Waals surface area contributed by atoms with Crippen molar-refractivity contribution in [3.63, 3.8) is 0 Å². The van der Waals surface area contributed by atoms with E-state index in [-0.39, 0.29) is 0 Å². The van der Waals surface area contributed by atoms with Crippen LogP contribution in [-0.2, 0) is 9.47 Å². The molecule has 0 amide bonds. The second-order valence-corrected chi connectivity index (χ2v) is 2.94. The fourth-order valence-corrected chi connectivity index (χ4v) is 1.08. The Labute approximate surface area is 78.7 Å². The predicted octanol–water partition coefficient (Wildman–Crippen LogP) is 2.42. The number of hydrogen-bond donors (Lipinski definition) is 0. The van der Waals surface area contributed by atoms with E-state index in [9.17, 15) is 26.3 Å². The molecule has 0 saturated carbocycles. The lowest BCUT2D eigenvalue weighted by Crippen LogP contribution is -2.57. The van der Waals surface area contributed by atoms with Gasteiger partial charge in [-0.25, -0.2) is 0 Å². The van der Waals surface area contributed by atoms with Crippen molar-refractivity contribution in [1.29, 1.82) is 0 Å². The maximum Gasteiger partial charge on any atom is 0.453 e. The van der Waals surface area contributed by atoms with Crippen molar-refractivity contribution >= 4 is 11.6 Å². The largest absolute Gasteiger partial charge is 0.453 e. The molecule has 1 aliphatic heterocycles. The summed E-state index contributed by atoms with van der Waals surface area (Å²) >= 11 is 4.96. The van der Waals surface area contributed by atoms with Crippen molar-refractivity contribution in [2.45, 2.75) is 23.7 Å². The number of halogens is 7. The zero-order valence-electron chi connectivity index (χ0n) is 6.25. The van der Waals surface area contributed by atoms with Crippen LogP contribution in [0.25, 0.3) is 0 Å². The van der Waals surface area contributed by atoms with E-state index in [1.165, 1.54) is 0 Å². The minimum atomic E-state index is -5.71. The first kappa shape index (κ1) is 11.9. The van der Waals surface area contributed by atoms with Crippen LogP contribution in [0, 0.1) is 0 Å². The van der Waals surface area contributed by atoms with Crippen molar-refractivity contribution in [3.05, 3.63) is 0 Å². The third kappa shape index (κ3) is 1.66. The lowest BCUT2D eigenvalue weighted by atomic mass is 10.2. The molecule has 0 aliphatic carbocycles.